The Balaban J connectivity index is 1.93. The summed E-state index contributed by atoms with van der Waals surface area (Å²) in [4.78, 5) is 9.66. The maximum absolute atomic E-state index is 9.44. The second-order valence-corrected chi connectivity index (χ2v) is 5.12. The van der Waals surface area contributed by atoms with Gasteiger partial charge in [0, 0.05) is 16.2 Å². The molecule has 0 atom stereocenters. The van der Waals surface area contributed by atoms with Gasteiger partial charge in [0.05, 0.1) is 0 Å². The third-order valence-corrected chi connectivity index (χ3v) is 3.90. The Labute approximate surface area is 104 Å². The molecule has 1 heterocycles. The zero-order chi connectivity index (χ0) is 11.7. The van der Waals surface area contributed by atoms with Crippen molar-refractivity contribution in [3.63, 3.8) is 0 Å². The van der Waals surface area contributed by atoms with E-state index in [0.717, 1.165) is 22.8 Å². The summed E-state index contributed by atoms with van der Waals surface area (Å²) in [6.45, 7) is 0. The van der Waals surface area contributed by atoms with Gasteiger partial charge in [-0.3, -0.25) is 0 Å². The van der Waals surface area contributed by atoms with Gasteiger partial charge in [-0.2, -0.15) is 0 Å². The van der Waals surface area contributed by atoms with Crippen LogP contribution < -0.4 is 0 Å². The molecule has 1 aromatic heterocycles. The molecule has 17 heavy (non-hydrogen) atoms. The SMILES string of the molecule is Oc1cccc(Sc2ncnc3c2CCC3)c1. The average molecular weight is 244 g/mol. The second-order valence-electron chi connectivity index (χ2n) is 4.06. The molecule has 4 heteroatoms. The molecule has 0 bridgehead atoms. The van der Waals surface area contributed by atoms with Crippen LogP contribution in [0.1, 0.15) is 17.7 Å². The number of rotatable bonds is 2. The number of nitrogens with zero attached hydrogens (tertiary/aromatic N) is 2. The minimum atomic E-state index is 0.292. The lowest BCUT2D eigenvalue weighted by Gasteiger charge is -2.06. The van der Waals surface area contributed by atoms with E-state index < -0.39 is 0 Å². The fourth-order valence-electron chi connectivity index (χ4n) is 2.08. The van der Waals surface area contributed by atoms with Crippen molar-refractivity contribution in [2.75, 3.05) is 0 Å². The highest BCUT2D eigenvalue weighted by atomic mass is 32.2. The zero-order valence-corrected chi connectivity index (χ0v) is 10.1. The molecule has 1 aliphatic carbocycles. The van der Waals surface area contributed by atoms with Gasteiger partial charge in [-0.05, 0) is 37.5 Å². The molecule has 0 fully saturated rings. The molecule has 0 amide bonds. The highest BCUT2D eigenvalue weighted by Crippen LogP contribution is 2.34. The highest BCUT2D eigenvalue weighted by Gasteiger charge is 2.17. The smallest absolute Gasteiger partial charge is 0.117 e. The first kappa shape index (κ1) is 10.6. The minimum absolute atomic E-state index is 0.292. The van der Waals surface area contributed by atoms with Crippen LogP contribution in [0.3, 0.4) is 0 Å². The van der Waals surface area contributed by atoms with Gasteiger partial charge in [0.25, 0.3) is 0 Å². The first-order valence-corrected chi connectivity index (χ1v) is 6.44. The lowest BCUT2D eigenvalue weighted by atomic mass is 10.3. The molecule has 2 aromatic rings. The van der Waals surface area contributed by atoms with E-state index in [0.29, 0.717) is 5.75 Å². The lowest BCUT2D eigenvalue weighted by molar-refractivity contribution is 0.474. The second kappa shape index (κ2) is 4.37. The summed E-state index contributed by atoms with van der Waals surface area (Å²) >= 11 is 1.60. The molecule has 3 nitrogen and oxygen atoms in total. The highest BCUT2D eigenvalue weighted by molar-refractivity contribution is 7.99. The van der Waals surface area contributed by atoms with Crippen LogP contribution in [0.5, 0.6) is 5.75 Å². The Morgan fingerprint density at radius 1 is 1.18 bits per heavy atom. The summed E-state index contributed by atoms with van der Waals surface area (Å²) in [5.74, 6) is 0.292. The van der Waals surface area contributed by atoms with E-state index in [1.807, 2.05) is 12.1 Å². The number of aromatic nitrogens is 2. The lowest BCUT2D eigenvalue weighted by Crippen LogP contribution is -1.93. The number of phenols is 1. The van der Waals surface area contributed by atoms with Crippen molar-refractivity contribution >= 4 is 11.8 Å². The summed E-state index contributed by atoms with van der Waals surface area (Å²) in [6.07, 6.45) is 4.93. The normalized spacial score (nSPS) is 13.6. The summed E-state index contributed by atoms with van der Waals surface area (Å²) in [5, 5.41) is 10.5. The number of phenolic OH excluding ortho intramolecular Hbond substituents is 1. The Morgan fingerprint density at radius 3 is 3.00 bits per heavy atom. The maximum Gasteiger partial charge on any atom is 0.117 e. The van der Waals surface area contributed by atoms with E-state index in [9.17, 15) is 5.11 Å². The van der Waals surface area contributed by atoms with Crippen molar-refractivity contribution in [1.29, 1.82) is 0 Å². The van der Waals surface area contributed by atoms with Gasteiger partial charge in [0.2, 0.25) is 0 Å². The minimum Gasteiger partial charge on any atom is -0.508 e. The Hall–Kier alpha value is -1.55. The summed E-state index contributed by atoms with van der Waals surface area (Å²) < 4.78 is 0. The number of aryl methyl sites for hydroxylation is 1. The Bertz CT molecular complexity index is 557. The van der Waals surface area contributed by atoms with Crippen LogP contribution in [0.25, 0.3) is 0 Å². The largest absolute Gasteiger partial charge is 0.508 e. The van der Waals surface area contributed by atoms with Crippen molar-refractivity contribution in [2.24, 2.45) is 0 Å². The molecule has 86 valence electrons. The summed E-state index contributed by atoms with van der Waals surface area (Å²) in [7, 11) is 0. The fraction of sp³-hybridized carbons (Fsp3) is 0.231. The van der Waals surface area contributed by atoms with Gasteiger partial charge in [-0.15, -0.1) is 0 Å². The third-order valence-electron chi connectivity index (χ3n) is 2.87. The van der Waals surface area contributed by atoms with Gasteiger partial charge in [-0.1, -0.05) is 17.8 Å². The van der Waals surface area contributed by atoms with Gasteiger partial charge >= 0.3 is 0 Å². The van der Waals surface area contributed by atoms with Crippen LogP contribution in [0, 0.1) is 0 Å². The molecule has 1 aliphatic rings. The standard InChI is InChI=1S/C13H12N2OS/c16-9-3-1-4-10(7-9)17-13-11-5-2-6-12(11)14-8-15-13/h1,3-4,7-8,16H,2,5-6H2. The number of aromatic hydroxyl groups is 1. The molecular weight excluding hydrogens is 232 g/mol. The molecule has 0 unspecified atom stereocenters. The number of hydrogen-bond donors (Lipinski definition) is 1. The maximum atomic E-state index is 9.44. The average Bonchev–Trinajstić information content (AvgIpc) is 2.78. The molecule has 0 spiro atoms. The van der Waals surface area contributed by atoms with E-state index in [-0.39, 0.29) is 0 Å². The molecule has 0 radical (unpaired) electrons. The number of hydrogen-bond acceptors (Lipinski definition) is 4. The van der Waals surface area contributed by atoms with Crippen molar-refractivity contribution in [3.05, 3.63) is 41.9 Å². The monoisotopic (exact) mass is 244 g/mol. The molecule has 0 saturated heterocycles. The van der Waals surface area contributed by atoms with Gasteiger partial charge in [0.15, 0.2) is 0 Å². The van der Waals surface area contributed by atoms with Crippen molar-refractivity contribution < 1.29 is 5.11 Å². The van der Waals surface area contributed by atoms with E-state index in [4.69, 9.17) is 0 Å². The van der Waals surface area contributed by atoms with Crippen LogP contribution in [0.15, 0.2) is 40.5 Å². The topological polar surface area (TPSA) is 46.0 Å². The third kappa shape index (κ3) is 2.13. The Morgan fingerprint density at radius 2 is 2.12 bits per heavy atom. The van der Waals surface area contributed by atoms with Crippen molar-refractivity contribution in [1.82, 2.24) is 9.97 Å². The Kier molecular flexibility index (Phi) is 2.73. The fourth-order valence-corrected chi connectivity index (χ4v) is 3.07. The first-order chi connectivity index (χ1) is 8.33. The van der Waals surface area contributed by atoms with Crippen LogP contribution in [0.4, 0.5) is 0 Å². The molecule has 1 aromatic carbocycles. The number of fused-ring (bicyclic) bond motifs is 1. The molecule has 0 aliphatic heterocycles. The number of benzene rings is 1. The molecule has 0 saturated carbocycles. The summed E-state index contributed by atoms with van der Waals surface area (Å²) in [5.41, 5.74) is 2.46. The van der Waals surface area contributed by atoms with Gasteiger partial charge < -0.3 is 5.11 Å². The van der Waals surface area contributed by atoms with E-state index >= 15 is 0 Å². The van der Waals surface area contributed by atoms with Gasteiger partial charge in [-0.25, -0.2) is 9.97 Å². The van der Waals surface area contributed by atoms with Crippen LogP contribution in [-0.4, -0.2) is 15.1 Å². The van der Waals surface area contributed by atoms with E-state index in [1.165, 1.54) is 17.7 Å². The predicted molar refractivity (Wildman–Crippen MR) is 66.3 cm³/mol. The molecular formula is C13H12N2OS. The quantitative estimate of drug-likeness (QED) is 0.825. The van der Waals surface area contributed by atoms with Crippen LogP contribution in [-0.2, 0) is 12.8 Å². The van der Waals surface area contributed by atoms with Crippen LogP contribution >= 0.6 is 11.8 Å². The van der Waals surface area contributed by atoms with E-state index in [1.54, 1.807) is 30.2 Å². The summed E-state index contributed by atoms with van der Waals surface area (Å²) in [6, 6.07) is 7.26. The predicted octanol–water partition coefficient (Wildman–Crippen LogP) is 2.82. The molecule has 1 N–H and O–H groups in total. The zero-order valence-electron chi connectivity index (χ0n) is 9.26. The van der Waals surface area contributed by atoms with E-state index in [2.05, 4.69) is 9.97 Å². The van der Waals surface area contributed by atoms with Gasteiger partial charge in [0.1, 0.15) is 17.1 Å². The van der Waals surface area contributed by atoms with Crippen LogP contribution in [0.2, 0.25) is 0 Å². The van der Waals surface area contributed by atoms with Crippen molar-refractivity contribution in [2.45, 2.75) is 29.2 Å². The van der Waals surface area contributed by atoms with Crippen molar-refractivity contribution in [3.8, 4) is 5.75 Å². The molecule has 3 rings (SSSR count). The first-order valence-electron chi connectivity index (χ1n) is 5.62.